The number of thioether (sulfide) groups is 1. The molecule has 1 rings (SSSR count). The molecule has 0 aromatic rings. The van der Waals surface area contributed by atoms with Gasteiger partial charge in [0, 0.05) is 11.3 Å². The summed E-state index contributed by atoms with van der Waals surface area (Å²) in [7, 11) is 0. The molecular formula is C11H21NO2S. The third-order valence-corrected chi connectivity index (χ3v) is 4.29. The Labute approximate surface area is 96.0 Å². The Bertz CT molecular complexity index is 203. The predicted octanol–water partition coefficient (Wildman–Crippen LogP) is 2.11. The van der Waals surface area contributed by atoms with E-state index in [4.69, 9.17) is 5.11 Å². The molecule has 1 fully saturated rings. The van der Waals surface area contributed by atoms with Gasteiger partial charge in [-0.15, -0.1) is 0 Å². The maximum Gasteiger partial charge on any atom is 0.320 e. The minimum absolute atomic E-state index is 0.360. The zero-order valence-electron chi connectivity index (χ0n) is 9.53. The summed E-state index contributed by atoms with van der Waals surface area (Å²) >= 11 is 1.93. The van der Waals surface area contributed by atoms with Crippen molar-refractivity contribution in [3.05, 3.63) is 0 Å². The van der Waals surface area contributed by atoms with Crippen molar-refractivity contribution in [2.75, 3.05) is 6.26 Å². The average molecular weight is 231 g/mol. The van der Waals surface area contributed by atoms with Crippen molar-refractivity contribution in [1.29, 1.82) is 0 Å². The van der Waals surface area contributed by atoms with E-state index in [-0.39, 0.29) is 6.04 Å². The average Bonchev–Trinajstić information content (AvgIpc) is 2.26. The third kappa shape index (κ3) is 4.03. The van der Waals surface area contributed by atoms with E-state index >= 15 is 0 Å². The zero-order valence-corrected chi connectivity index (χ0v) is 10.3. The second-order valence-electron chi connectivity index (χ2n) is 4.18. The van der Waals surface area contributed by atoms with Crippen LogP contribution in [-0.2, 0) is 4.79 Å². The van der Waals surface area contributed by atoms with Crippen molar-refractivity contribution in [3.63, 3.8) is 0 Å². The number of rotatable bonds is 5. The lowest BCUT2D eigenvalue weighted by Gasteiger charge is -2.30. The largest absolute Gasteiger partial charge is 0.480 e. The second kappa shape index (κ2) is 6.38. The molecule has 1 atom stereocenters. The summed E-state index contributed by atoms with van der Waals surface area (Å²) in [5.74, 6) is -0.718. The maximum absolute atomic E-state index is 10.9. The number of hydrogen-bond acceptors (Lipinski definition) is 3. The summed E-state index contributed by atoms with van der Waals surface area (Å²) in [5, 5.41) is 13.0. The van der Waals surface area contributed by atoms with E-state index in [1.54, 1.807) is 0 Å². The molecule has 1 saturated carbocycles. The summed E-state index contributed by atoms with van der Waals surface area (Å²) in [5.41, 5.74) is 0. The van der Waals surface area contributed by atoms with Crippen LogP contribution in [0.15, 0.2) is 0 Å². The van der Waals surface area contributed by atoms with Crippen LogP contribution in [0, 0.1) is 0 Å². The van der Waals surface area contributed by atoms with E-state index in [1.807, 2.05) is 18.7 Å². The van der Waals surface area contributed by atoms with Crippen LogP contribution >= 0.6 is 11.8 Å². The van der Waals surface area contributed by atoms with E-state index in [9.17, 15) is 4.79 Å². The minimum Gasteiger partial charge on any atom is -0.480 e. The SMILES string of the molecule is CCC(NC1CCC(SC)CC1)C(=O)O. The highest BCUT2D eigenvalue weighted by Gasteiger charge is 2.24. The normalized spacial score (nSPS) is 28.7. The van der Waals surface area contributed by atoms with Crippen LogP contribution < -0.4 is 5.32 Å². The first-order valence-corrected chi connectivity index (χ1v) is 6.97. The van der Waals surface area contributed by atoms with Crippen LogP contribution in [-0.4, -0.2) is 34.7 Å². The molecular weight excluding hydrogens is 210 g/mol. The number of carbonyl (C=O) groups is 1. The smallest absolute Gasteiger partial charge is 0.320 e. The number of carboxylic acids is 1. The van der Waals surface area contributed by atoms with Gasteiger partial charge in [-0.3, -0.25) is 4.79 Å². The molecule has 0 amide bonds. The van der Waals surface area contributed by atoms with Crippen LogP contribution in [0.1, 0.15) is 39.0 Å². The van der Waals surface area contributed by atoms with Crippen molar-refractivity contribution >= 4 is 17.7 Å². The van der Waals surface area contributed by atoms with Gasteiger partial charge in [0.1, 0.15) is 6.04 Å². The molecule has 0 aromatic carbocycles. The number of hydrogen-bond donors (Lipinski definition) is 2. The molecule has 88 valence electrons. The van der Waals surface area contributed by atoms with E-state index in [0.717, 1.165) is 18.1 Å². The molecule has 2 N–H and O–H groups in total. The first-order chi connectivity index (χ1) is 7.17. The highest BCUT2D eigenvalue weighted by molar-refractivity contribution is 7.99. The van der Waals surface area contributed by atoms with Crippen LogP contribution in [0.5, 0.6) is 0 Å². The summed E-state index contributed by atoms with van der Waals surface area (Å²) < 4.78 is 0. The lowest BCUT2D eigenvalue weighted by atomic mass is 9.94. The van der Waals surface area contributed by atoms with Gasteiger partial charge in [0.05, 0.1) is 0 Å². The fourth-order valence-electron chi connectivity index (χ4n) is 2.11. The standard InChI is InChI=1S/C11H21NO2S/c1-3-10(11(13)14)12-8-4-6-9(15-2)7-5-8/h8-10,12H,3-7H2,1-2H3,(H,13,14). The van der Waals surface area contributed by atoms with Crippen LogP contribution in [0.4, 0.5) is 0 Å². The van der Waals surface area contributed by atoms with E-state index in [2.05, 4.69) is 11.6 Å². The fourth-order valence-corrected chi connectivity index (χ4v) is 2.86. The van der Waals surface area contributed by atoms with Gasteiger partial charge in [0.25, 0.3) is 0 Å². The molecule has 1 aliphatic carbocycles. The Kier molecular flexibility index (Phi) is 5.47. The molecule has 0 saturated heterocycles. The molecule has 0 aliphatic heterocycles. The van der Waals surface area contributed by atoms with Gasteiger partial charge < -0.3 is 10.4 Å². The van der Waals surface area contributed by atoms with Gasteiger partial charge in [-0.2, -0.15) is 11.8 Å². The van der Waals surface area contributed by atoms with E-state index in [0.29, 0.717) is 12.5 Å². The van der Waals surface area contributed by atoms with Gasteiger partial charge in [0.2, 0.25) is 0 Å². The molecule has 0 spiro atoms. The Balaban J connectivity index is 2.31. The molecule has 4 heteroatoms. The topological polar surface area (TPSA) is 49.3 Å². The fraction of sp³-hybridized carbons (Fsp3) is 0.909. The highest BCUT2D eigenvalue weighted by Crippen LogP contribution is 2.27. The van der Waals surface area contributed by atoms with Crippen molar-refractivity contribution in [2.45, 2.75) is 56.4 Å². The number of carboxylic acid groups (broad SMARTS) is 1. The third-order valence-electron chi connectivity index (χ3n) is 3.15. The molecule has 3 nitrogen and oxygen atoms in total. The predicted molar refractivity (Wildman–Crippen MR) is 64.4 cm³/mol. The van der Waals surface area contributed by atoms with Gasteiger partial charge in [-0.1, -0.05) is 6.92 Å². The molecule has 15 heavy (non-hydrogen) atoms. The lowest BCUT2D eigenvalue weighted by Crippen LogP contribution is -2.44. The Hall–Kier alpha value is -0.220. The Morgan fingerprint density at radius 3 is 2.47 bits per heavy atom. The number of aliphatic carboxylic acids is 1. The quantitative estimate of drug-likeness (QED) is 0.761. The minimum atomic E-state index is -0.718. The Morgan fingerprint density at radius 2 is 2.07 bits per heavy atom. The lowest BCUT2D eigenvalue weighted by molar-refractivity contribution is -0.139. The van der Waals surface area contributed by atoms with Gasteiger partial charge >= 0.3 is 5.97 Å². The maximum atomic E-state index is 10.9. The summed E-state index contributed by atoms with van der Waals surface area (Å²) in [6.07, 6.45) is 7.50. The second-order valence-corrected chi connectivity index (χ2v) is 5.31. The monoisotopic (exact) mass is 231 g/mol. The van der Waals surface area contributed by atoms with E-state index < -0.39 is 5.97 Å². The molecule has 1 unspecified atom stereocenters. The first kappa shape index (κ1) is 12.8. The Morgan fingerprint density at radius 1 is 1.47 bits per heavy atom. The molecule has 0 bridgehead atoms. The molecule has 1 aliphatic rings. The van der Waals surface area contributed by atoms with Crippen LogP contribution in [0.25, 0.3) is 0 Å². The van der Waals surface area contributed by atoms with Crippen molar-refractivity contribution in [3.8, 4) is 0 Å². The van der Waals surface area contributed by atoms with Crippen LogP contribution in [0.2, 0.25) is 0 Å². The highest BCUT2D eigenvalue weighted by atomic mass is 32.2. The van der Waals surface area contributed by atoms with Crippen LogP contribution in [0.3, 0.4) is 0 Å². The summed E-state index contributed by atoms with van der Waals surface area (Å²) in [6.45, 7) is 1.92. The van der Waals surface area contributed by atoms with Gasteiger partial charge in [-0.25, -0.2) is 0 Å². The zero-order chi connectivity index (χ0) is 11.3. The van der Waals surface area contributed by atoms with Crippen molar-refractivity contribution in [2.24, 2.45) is 0 Å². The van der Waals surface area contributed by atoms with Crippen molar-refractivity contribution < 1.29 is 9.90 Å². The van der Waals surface area contributed by atoms with Gasteiger partial charge in [-0.05, 0) is 38.4 Å². The number of nitrogens with one attached hydrogen (secondary N) is 1. The summed E-state index contributed by atoms with van der Waals surface area (Å²) in [6, 6.07) is 0.0512. The molecule has 0 heterocycles. The molecule has 0 radical (unpaired) electrons. The first-order valence-electron chi connectivity index (χ1n) is 5.69. The molecule has 0 aromatic heterocycles. The van der Waals surface area contributed by atoms with Gasteiger partial charge in [0.15, 0.2) is 0 Å². The van der Waals surface area contributed by atoms with Crippen molar-refractivity contribution in [1.82, 2.24) is 5.32 Å². The summed E-state index contributed by atoms with van der Waals surface area (Å²) in [4.78, 5) is 10.9. The van der Waals surface area contributed by atoms with E-state index in [1.165, 1.54) is 12.8 Å².